The fourth-order valence-corrected chi connectivity index (χ4v) is 6.34. The van der Waals surface area contributed by atoms with Gasteiger partial charge in [-0.25, -0.2) is 0 Å². The molecule has 9 aromatic rings. The summed E-state index contributed by atoms with van der Waals surface area (Å²) in [4.78, 5) is 0. The number of benzene rings is 7. The molecule has 9 rings (SSSR count). The van der Waals surface area contributed by atoms with E-state index < -0.39 is 0 Å². The van der Waals surface area contributed by atoms with E-state index in [0.717, 1.165) is 60.2 Å². The smallest absolute Gasteiger partial charge is 0.143 e. The molecule has 0 aliphatic heterocycles. The molecule has 0 atom stereocenters. The van der Waals surface area contributed by atoms with Gasteiger partial charge in [-0.05, 0) is 80.5 Å². The molecule has 0 aliphatic carbocycles. The summed E-state index contributed by atoms with van der Waals surface area (Å²) in [5.41, 5.74) is 6.04. The standard InChI is InChI=1S/C36H20O2/c1-3-9-24-21(7-1)19-22-8-2-4-10-25(22)34(24)23-13-14-30-33(20-23)37-32-18-17-29-27(35(30)32)15-16-28-26-11-5-6-12-31(26)38-36(28)29/h1-20H. The van der Waals surface area contributed by atoms with Crippen molar-refractivity contribution in [3.8, 4) is 11.1 Å². The average Bonchev–Trinajstić information content (AvgIpc) is 3.54. The SMILES string of the molecule is c1ccc2c(-c3ccc4c(c3)oc3ccc5c(ccc6c7ccccc7oc65)c34)c3ccccc3cc2c1. The summed E-state index contributed by atoms with van der Waals surface area (Å²) in [6.07, 6.45) is 0. The quantitative estimate of drug-likeness (QED) is 0.217. The van der Waals surface area contributed by atoms with Crippen LogP contribution >= 0.6 is 0 Å². The molecule has 0 aliphatic rings. The van der Waals surface area contributed by atoms with Gasteiger partial charge in [0.15, 0.2) is 0 Å². The summed E-state index contributed by atoms with van der Waals surface area (Å²) < 4.78 is 12.8. The molecule has 2 heterocycles. The van der Waals surface area contributed by atoms with E-state index in [-0.39, 0.29) is 0 Å². The summed E-state index contributed by atoms with van der Waals surface area (Å²) in [7, 11) is 0. The molecule has 0 radical (unpaired) electrons. The van der Waals surface area contributed by atoms with Crippen molar-refractivity contribution in [3.63, 3.8) is 0 Å². The molecular formula is C36H20O2. The van der Waals surface area contributed by atoms with E-state index in [1.807, 2.05) is 12.1 Å². The molecule has 0 saturated carbocycles. The molecule has 0 fully saturated rings. The van der Waals surface area contributed by atoms with Crippen molar-refractivity contribution in [2.75, 3.05) is 0 Å². The van der Waals surface area contributed by atoms with Gasteiger partial charge >= 0.3 is 0 Å². The maximum Gasteiger partial charge on any atom is 0.143 e. The fraction of sp³-hybridized carbons (Fsp3) is 0. The molecule has 2 aromatic heterocycles. The van der Waals surface area contributed by atoms with Crippen LogP contribution < -0.4 is 0 Å². The Balaban J connectivity index is 1.35. The van der Waals surface area contributed by atoms with Gasteiger partial charge in [0.2, 0.25) is 0 Å². The van der Waals surface area contributed by atoms with Crippen LogP contribution in [-0.4, -0.2) is 0 Å². The first-order valence-corrected chi connectivity index (χ1v) is 12.9. The Hall–Kier alpha value is -5.08. The monoisotopic (exact) mass is 484 g/mol. The van der Waals surface area contributed by atoms with Gasteiger partial charge in [-0.15, -0.1) is 0 Å². The molecule has 2 heteroatoms. The van der Waals surface area contributed by atoms with E-state index in [2.05, 4.69) is 109 Å². The van der Waals surface area contributed by atoms with Crippen LogP contribution in [0.1, 0.15) is 0 Å². The first-order chi connectivity index (χ1) is 18.8. The molecule has 38 heavy (non-hydrogen) atoms. The van der Waals surface area contributed by atoms with Gasteiger partial charge < -0.3 is 8.83 Å². The van der Waals surface area contributed by atoms with Gasteiger partial charge in [-0.2, -0.15) is 0 Å². The first-order valence-electron chi connectivity index (χ1n) is 12.9. The van der Waals surface area contributed by atoms with Crippen molar-refractivity contribution in [2.24, 2.45) is 0 Å². The number of furan rings is 2. The van der Waals surface area contributed by atoms with E-state index >= 15 is 0 Å². The van der Waals surface area contributed by atoms with Crippen molar-refractivity contribution in [1.29, 1.82) is 0 Å². The lowest BCUT2D eigenvalue weighted by molar-refractivity contribution is 0.669. The Morgan fingerprint density at radius 1 is 0.368 bits per heavy atom. The minimum absolute atomic E-state index is 0.892. The molecule has 7 aromatic carbocycles. The largest absolute Gasteiger partial charge is 0.456 e. The summed E-state index contributed by atoms with van der Waals surface area (Å²) in [5, 5.41) is 11.8. The lowest BCUT2D eigenvalue weighted by atomic mass is 9.91. The molecule has 0 N–H and O–H groups in total. The lowest BCUT2D eigenvalue weighted by Gasteiger charge is -2.12. The maximum atomic E-state index is 6.49. The van der Waals surface area contributed by atoms with Crippen molar-refractivity contribution >= 4 is 76.2 Å². The van der Waals surface area contributed by atoms with Gasteiger partial charge in [0, 0.05) is 26.9 Å². The number of fused-ring (bicyclic) bond motifs is 11. The van der Waals surface area contributed by atoms with Crippen LogP contribution in [0.15, 0.2) is 130 Å². The van der Waals surface area contributed by atoms with E-state index in [1.165, 1.54) is 27.1 Å². The molecule has 2 nitrogen and oxygen atoms in total. The third kappa shape index (κ3) is 2.61. The molecule has 0 saturated heterocycles. The third-order valence-electron chi connectivity index (χ3n) is 8.03. The Bertz CT molecular complexity index is 2350. The van der Waals surface area contributed by atoms with Gasteiger partial charge in [-0.3, -0.25) is 0 Å². The second kappa shape index (κ2) is 7.24. The average molecular weight is 485 g/mol. The summed E-state index contributed by atoms with van der Waals surface area (Å²) in [5.74, 6) is 0. The minimum atomic E-state index is 0.892. The van der Waals surface area contributed by atoms with Gasteiger partial charge in [0.05, 0.1) is 0 Å². The maximum absolute atomic E-state index is 6.49. The van der Waals surface area contributed by atoms with E-state index in [9.17, 15) is 0 Å². The van der Waals surface area contributed by atoms with Crippen LogP contribution in [0.4, 0.5) is 0 Å². The number of para-hydroxylation sites is 1. The Morgan fingerprint density at radius 3 is 1.82 bits per heavy atom. The highest BCUT2D eigenvalue weighted by atomic mass is 16.3. The first kappa shape index (κ1) is 20.0. The zero-order valence-corrected chi connectivity index (χ0v) is 20.4. The Kier molecular flexibility index (Phi) is 3.82. The van der Waals surface area contributed by atoms with Crippen molar-refractivity contribution in [3.05, 3.63) is 121 Å². The topological polar surface area (TPSA) is 26.3 Å². The normalized spacial score (nSPS) is 12.2. The second-order valence-corrected chi connectivity index (χ2v) is 10.1. The Morgan fingerprint density at radius 2 is 1.00 bits per heavy atom. The van der Waals surface area contributed by atoms with Gasteiger partial charge in [-0.1, -0.05) is 78.9 Å². The number of hydrogen-bond acceptors (Lipinski definition) is 2. The molecule has 0 bridgehead atoms. The number of hydrogen-bond donors (Lipinski definition) is 0. The van der Waals surface area contributed by atoms with Crippen LogP contribution in [0.2, 0.25) is 0 Å². The van der Waals surface area contributed by atoms with Crippen LogP contribution in [-0.2, 0) is 0 Å². The Labute approximate surface area is 217 Å². The minimum Gasteiger partial charge on any atom is -0.456 e. The lowest BCUT2D eigenvalue weighted by Crippen LogP contribution is -1.85. The molecule has 0 spiro atoms. The molecule has 0 unspecified atom stereocenters. The highest BCUT2D eigenvalue weighted by Gasteiger charge is 2.17. The third-order valence-corrected chi connectivity index (χ3v) is 8.03. The van der Waals surface area contributed by atoms with Crippen LogP contribution in [0.5, 0.6) is 0 Å². The van der Waals surface area contributed by atoms with Crippen molar-refractivity contribution in [2.45, 2.75) is 0 Å². The second-order valence-electron chi connectivity index (χ2n) is 10.1. The van der Waals surface area contributed by atoms with Crippen LogP contribution in [0.25, 0.3) is 87.3 Å². The van der Waals surface area contributed by atoms with E-state index in [1.54, 1.807) is 0 Å². The van der Waals surface area contributed by atoms with Gasteiger partial charge in [0.25, 0.3) is 0 Å². The summed E-state index contributed by atoms with van der Waals surface area (Å²) in [6, 6.07) is 43.0. The fourth-order valence-electron chi connectivity index (χ4n) is 6.34. The van der Waals surface area contributed by atoms with Crippen LogP contribution in [0, 0.1) is 0 Å². The highest BCUT2D eigenvalue weighted by molar-refractivity contribution is 6.25. The highest BCUT2D eigenvalue weighted by Crippen LogP contribution is 2.42. The van der Waals surface area contributed by atoms with Gasteiger partial charge in [0.1, 0.15) is 22.3 Å². The summed E-state index contributed by atoms with van der Waals surface area (Å²) in [6.45, 7) is 0. The molecular weight excluding hydrogens is 464 g/mol. The predicted octanol–water partition coefficient (Wildman–Crippen LogP) is 10.6. The zero-order valence-electron chi connectivity index (χ0n) is 20.4. The van der Waals surface area contributed by atoms with Crippen LogP contribution in [0.3, 0.4) is 0 Å². The molecule has 176 valence electrons. The summed E-state index contributed by atoms with van der Waals surface area (Å²) >= 11 is 0. The van der Waals surface area contributed by atoms with E-state index in [0.29, 0.717) is 0 Å². The number of rotatable bonds is 1. The van der Waals surface area contributed by atoms with Crippen molar-refractivity contribution < 1.29 is 8.83 Å². The van der Waals surface area contributed by atoms with Crippen molar-refractivity contribution in [1.82, 2.24) is 0 Å². The predicted molar refractivity (Wildman–Crippen MR) is 159 cm³/mol. The molecule has 0 amide bonds. The van der Waals surface area contributed by atoms with E-state index in [4.69, 9.17) is 8.83 Å². The zero-order chi connectivity index (χ0) is 24.8.